The van der Waals surface area contributed by atoms with Crippen molar-refractivity contribution in [2.75, 3.05) is 0 Å². The predicted molar refractivity (Wildman–Crippen MR) is 56.6 cm³/mol. The highest BCUT2D eigenvalue weighted by molar-refractivity contribution is 7.03. The summed E-state index contributed by atoms with van der Waals surface area (Å²) in [5, 5.41) is 0. The molecule has 0 atom stereocenters. The Balaban J connectivity index is 1.90. The van der Waals surface area contributed by atoms with Gasteiger partial charge in [0.15, 0.2) is 0 Å². The molecule has 0 bridgehead atoms. The van der Waals surface area contributed by atoms with Crippen LogP contribution in [0, 0.1) is 5.92 Å². The molecule has 6 heteroatoms. The molecule has 4 nitrogen and oxygen atoms in total. The van der Waals surface area contributed by atoms with Crippen molar-refractivity contribution in [2.45, 2.75) is 31.6 Å². The minimum absolute atomic E-state index is 0.0441. The van der Waals surface area contributed by atoms with Gasteiger partial charge in [-0.25, -0.2) is 4.98 Å². The zero-order valence-electron chi connectivity index (χ0n) is 8.06. The molecular formula is C9H11ClN2O2S. The normalized spacial score (nSPS) is 26.2. The van der Waals surface area contributed by atoms with Crippen LogP contribution in [-0.2, 0) is 9.08 Å². The maximum atomic E-state index is 11.2. The summed E-state index contributed by atoms with van der Waals surface area (Å²) < 4.78 is 8.44. The Labute approximate surface area is 97.0 Å². The number of hydrogen-bond acceptors (Lipinski definition) is 5. The van der Waals surface area contributed by atoms with Crippen molar-refractivity contribution in [3.8, 4) is 0 Å². The second-order valence-electron chi connectivity index (χ2n) is 3.73. The number of rotatable bonds is 2. The molecule has 0 N–H and O–H groups in total. The quantitative estimate of drug-likeness (QED) is 0.805. The zero-order valence-corrected chi connectivity index (χ0v) is 9.63. The smallest absolute Gasteiger partial charge is 0.327 e. The van der Waals surface area contributed by atoms with Crippen LogP contribution in [0.3, 0.4) is 0 Å². The van der Waals surface area contributed by atoms with Crippen molar-refractivity contribution < 1.29 is 9.08 Å². The first-order valence-corrected chi connectivity index (χ1v) is 6.04. The minimum Gasteiger partial charge on any atom is -0.347 e. The third-order valence-corrected chi connectivity index (χ3v) is 3.52. The van der Waals surface area contributed by atoms with Gasteiger partial charge < -0.3 is 4.29 Å². The molecule has 0 amide bonds. The second-order valence-corrected chi connectivity index (χ2v) is 4.49. The summed E-state index contributed by atoms with van der Waals surface area (Å²) in [6, 6.07) is 0. The molecule has 1 aliphatic carbocycles. The summed E-state index contributed by atoms with van der Waals surface area (Å²) in [7, 11) is 0. The van der Waals surface area contributed by atoms with Gasteiger partial charge in [0, 0.05) is 5.92 Å². The fourth-order valence-electron chi connectivity index (χ4n) is 2.01. The largest absolute Gasteiger partial charge is 0.347 e. The van der Waals surface area contributed by atoms with E-state index in [1.165, 1.54) is 11.5 Å². The fraction of sp³-hybridized carbons (Fsp3) is 0.667. The van der Waals surface area contributed by atoms with Crippen LogP contribution in [0.15, 0.2) is 5.51 Å². The van der Waals surface area contributed by atoms with E-state index in [2.05, 4.69) is 13.6 Å². The van der Waals surface area contributed by atoms with E-state index in [0.29, 0.717) is 5.92 Å². The van der Waals surface area contributed by atoms with Gasteiger partial charge in [0.25, 0.3) is 0 Å². The molecule has 1 aromatic heterocycles. The molecule has 0 aromatic carbocycles. The average Bonchev–Trinajstić information content (AvgIpc) is 2.82. The molecule has 1 aliphatic rings. The van der Waals surface area contributed by atoms with E-state index in [4.69, 9.17) is 11.9 Å². The van der Waals surface area contributed by atoms with Gasteiger partial charge >= 0.3 is 5.97 Å². The van der Waals surface area contributed by atoms with E-state index in [0.717, 1.165) is 31.5 Å². The Morgan fingerprint density at radius 2 is 2.20 bits per heavy atom. The zero-order chi connectivity index (χ0) is 10.7. The van der Waals surface area contributed by atoms with Gasteiger partial charge in [-0.3, -0.25) is 4.79 Å². The van der Waals surface area contributed by atoms with Crippen molar-refractivity contribution in [1.82, 2.24) is 9.36 Å². The van der Waals surface area contributed by atoms with Gasteiger partial charge in [-0.2, -0.15) is 4.37 Å². The van der Waals surface area contributed by atoms with Crippen LogP contribution in [-0.4, -0.2) is 15.3 Å². The first-order valence-electron chi connectivity index (χ1n) is 4.90. The van der Waals surface area contributed by atoms with Crippen LogP contribution in [0.25, 0.3) is 0 Å². The number of aromatic nitrogens is 2. The number of carbonyl (C=O) groups is 1. The Morgan fingerprint density at radius 3 is 2.73 bits per heavy atom. The van der Waals surface area contributed by atoms with Gasteiger partial charge in [-0.1, -0.05) is 0 Å². The van der Waals surface area contributed by atoms with Gasteiger partial charge in [-0.05, 0) is 37.2 Å². The summed E-state index contributed by atoms with van der Waals surface area (Å²) in [5.41, 5.74) is 1.74. The fourth-order valence-corrected chi connectivity index (χ4v) is 2.64. The summed E-state index contributed by atoms with van der Waals surface area (Å²) in [4.78, 5) is 15.4. The maximum Gasteiger partial charge on any atom is 0.327 e. The first kappa shape index (κ1) is 10.8. The molecule has 0 saturated heterocycles. The first-order chi connectivity index (χ1) is 7.31. The molecule has 0 aliphatic heterocycles. The topological polar surface area (TPSA) is 52.1 Å². The molecule has 15 heavy (non-hydrogen) atoms. The predicted octanol–water partition coefficient (Wildman–Crippen LogP) is 2.51. The highest BCUT2D eigenvalue weighted by Crippen LogP contribution is 2.35. The van der Waals surface area contributed by atoms with Crippen molar-refractivity contribution in [3.63, 3.8) is 0 Å². The number of nitrogens with zero attached hydrogens (tertiary/aromatic N) is 2. The second kappa shape index (κ2) is 4.90. The summed E-state index contributed by atoms with van der Waals surface area (Å²) >= 11 is 6.42. The van der Waals surface area contributed by atoms with Gasteiger partial charge in [0.1, 0.15) is 23.2 Å². The number of hydrogen-bond donors (Lipinski definition) is 0. The van der Waals surface area contributed by atoms with Crippen molar-refractivity contribution in [3.05, 3.63) is 11.3 Å². The van der Waals surface area contributed by atoms with Crippen molar-refractivity contribution in [2.24, 2.45) is 5.92 Å². The van der Waals surface area contributed by atoms with E-state index < -0.39 is 0 Å². The molecule has 1 fully saturated rings. The molecule has 2 rings (SSSR count). The van der Waals surface area contributed by atoms with E-state index >= 15 is 0 Å². The molecular weight excluding hydrogens is 236 g/mol. The Kier molecular flexibility index (Phi) is 3.53. The highest BCUT2D eigenvalue weighted by Gasteiger charge is 2.29. The van der Waals surface area contributed by atoms with Crippen LogP contribution in [0.1, 0.15) is 37.4 Å². The molecule has 1 aromatic rings. The lowest BCUT2D eigenvalue weighted by Crippen LogP contribution is -2.21. The Hall–Kier alpha value is -0.680. The molecule has 82 valence electrons. The lowest BCUT2D eigenvalue weighted by atomic mass is 9.82. The van der Waals surface area contributed by atoms with Crippen LogP contribution < -0.4 is 0 Å². The third kappa shape index (κ3) is 2.46. The highest BCUT2D eigenvalue weighted by atomic mass is 35.5. The Morgan fingerprint density at radius 1 is 1.47 bits per heavy atom. The van der Waals surface area contributed by atoms with Gasteiger partial charge in [0.05, 0.1) is 5.92 Å². The van der Waals surface area contributed by atoms with Crippen molar-refractivity contribution in [1.29, 1.82) is 0 Å². The van der Waals surface area contributed by atoms with E-state index in [1.807, 2.05) is 0 Å². The van der Waals surface area contributed by atoms with Crippen LogP contribution >= 0.6 is 23.4 Å². The lowest BCUT2D eigenvalue weighted by molar-refractivity contribution is -0.139. The monoisotopic (exact) mass is 246 g/mol. The molecule has 1 heterocycles. The standard InChI is InChI=1S/C9H11ClN2O2S/c10-14-9(13)7-3-1-6(2-4-7)8-11-5-15-12-8/h5-7H,1-4H2. The van der Waals surface area contributed by atoms with Gasteiger partial charge in [0.2, 0.25) is 0 Å². The lowest BCUT2D eigenvalue weighted by Gasteiger charge is -2.24. The van der Waals surface area contributed by atoms with Crippen molar-refractivity contribution >= 4 is 29.4 Å². The summed E-state index contributed by atoms with van der Waals surface area (Å²) in [5.74, 6) is 0.965. The number of carbonyl (C=O) groups excluding carboxylic acids is 1. The molecule has 0 spiro atoms. The van der Waals surface area contributed by atoms with Crippen LogP contribution in [0.2, 0.25) is 0 Å². The average molecular weight is 247 g/mol. The number of halogens is 1. The minimum atomic E-state index is -0.304. The maximum absolute atomic E-state index is 11.2. The SMILES string of the molecule is O=C(OCl)C1CCC(c2ncsn2)CC1. The summed E-state index contributed by atoms with van der Waals surface area (Å²) in [6.07, 6.45) is 3.51. The van der Waals surface area contributed by atoms with Crippen LogP contribution in [0.5, 0.6) is 0 Å². The van der Waals surface area contributed by atoms with E-state index in [-0.39, 0.29) is 11.9 Å². The molecule has 1 saturated carbocycles. The van der Waals surface area contributed by atoms with E-state index in [1.54, 1.807) is 5.51 Å². The molecule has 0 radical (unpaired) electrons. The van der Waals surface area contributed by atoms with Gasteiger partial charge in [-0.15, -0.1) is 0 Å². The third-order valence-electron chi connectivity index (χ3n) is 2.88. The molecule has 0 unspecified atom stereocenters. The Bertz CT molecular complexity index is 323. The van der Waals surface area contributed by atoms with E-state index in [9.17, 15) is 4.79 Å². The summed E-state index contributed by atoms with van der Waals surface area (Å²) in [6.45, 7) is 0. The van der Waals surface area contributed by atoms with Crippen LogP contribution in [0.4, 0.5) is 0 Å².